The van der Waals surface area contributed by atoms with Crippen LogP contribution in [0.5, 0.6) is 5.75 Å². The molecular weight excluding hydrogens is 276 g/mol. The third kappa shape index (κ3) is 5.02. The number of anilines is 1. The van der Waals surface area contributed by atoms with Gasteiger partial charge in [0.05, 0.1) is 5.92 Å². The van der Waals surface area contributed by atoms with Gasteiger partial charge in [0.1, 0.15) is 11.4 Å². The Morgan fingerprint density at radius 2 is 1.95 bits per heavy atom. The smallest absolute Gasteiger partial charge is 0.228 e. The van der Waals surface area contributed by atoms with Gasteiger partial charge in [-0.2, -0.15) is 0 Å². The van der Waals surface area contributed by atoms with Crippen LogP contribution in [0.1, 0.15) is 27.2 Å². The molecule has 1 aromatic carbocycles. The number of benzene rings is 1. The maximum absolute atomic E-state index is 11.9. The van der Waals surface area contributed by atoms with Gasteiger partial charge >= 0.3 is 0 Å². The van der Waals surface area contributed by atoms with E-state index in [-0.39, 0.29) is 29.8 Å². The summed E-state index contributed by atoms with van der Waals surface area (Å²) in [7, 11) is 0. The van der Waals surface area contributed by atoms with E-state index in [2.05, 4.69) is 10.6 Å². The first-order chi connectivity index (χ1) is 8.94. The number of carbonyl (C=O) groups excluding carboxylic acids is 1. The summed E-state index contributed by atoms with van der Waals surface area (Å²) in [6.07, 6.45) is 0.914. The highest BCUT2D eigenvalue weighted by Gasteiger charge is 2.22. The van der Waals surface area contributed by atoms with Crippen LogP contribution in [0, 0.1) is 5.92 Å². The number of hydrogen-bond acceptors (Lipinski definition) is 3. The minimum absolute atomic E-state index is 0. The van der Waals surface area contributed by atoms with Crippen molar-refractivity contribution in [2.75, 3.05) is 18.4 Å². The van der Waals surface area contributed by atoms with E-state index in [1.54, 1.807) is 0 Å². The molecule has 1 unspecified atom stereocenters. The molecule has 1 saturated heterocycles. The summed E-state index contributed by atoms with van der Waals surface area (Å²) in [5, 5.41) is 6.13. The second kappa shape index (κ2) is 6.95. The van der Waals surface area contributed by atoms with Gasteiger partial charge in [-0.3, -0.25) is 4.79 Å². The van der Waals surface area contributed by atoms with Gasteiger partial charge in [-0.1, -0.05) is 0 Å². The van der Waals surface area contributed by atoms with E-state index >= 15 is 0 Å². The lowest BCUT2D eigenvalue weighted by Crippen LogP contribution is -2.24. The molecule has 0 bridgehead atoms. The molecule has 0 spiro atoms. The van der Waals surface area contributed by atoms with Crippen LogP contribution >= 0.6 is 12.4 Å². The predicted octanol–water partition coefficient (Wildman–Crippen LogP) is 2.83. The lowest BCUT2D eigenvalue weighted by Gasteiger charge is -2.21. The first-order valence-electron chi connectivity index (χ1n) is 6.75. The molecule has 0 aliphatic carbocycles. The van der Waals surface area contributed by atoms with E-state index < -0.39 is 0 Å². The van der Waals surface area contributed by atoms with Crippen LogP contribution < -0.4 is 15.4 Å². The van der Waals surface area contributed by atoms with Gasteiger partial charge in [0.25, 0.3) is 0 Å². The fourth-order valence-electron chi connectivity index (χ4n) is 2.08. The minimum atomic E-state index is -0.208. The van der Waals surface area contributed by atoms with Gasteiger partial charge in [0.15, 0.2) is 0 Å². The van der Waals surface area contributed by atoms with Gasteiger partial charge in [-0.25, -0.2) is 0 Å². The van der Waals surface area contributed by atoms with Crippen molar-refractivity contribution in [2.24, 2.45) is 5.92 Å². The average Bonchev–Trinajstić information content (AvgIpc) is 2.83. The summed E-state index contributed by atoms with van der Waals surface area (Å²) in [6, 6.07) is 7.52. The van der Waals surface area contributed by atoms with Gasteiger partial charge < -0.3 is 15.4 Å². The van der Waals surface area contributed by atoms with Crippen molar-refractivity contribution in [3.63, 3.8) is 0 Å². The van der Waals surface area contributed by atoms with Crippen LogP contribution in [0.15, 0.2) is 24.3 Å². The molecule has 1 aliphatic heterocycles. The maximum Gasteiger partial charge on any atom is 0.228 e. The van der Waals surface area contributed by atoms with Crippen LogP contribution in [0.3, 0.4) is 0 Å². The molecule has 1 amide bonds. The van der Waals surface area contributed by atoms with Crippen molar-refractivity contribution in [1.29, 1.82) is 0 Å². The zero-order valence-electron chi connectivity index (χ0n) is 12.2. The molecule has 1 aromatic rings. The average molecular weight is 299 g/mol. The van der Waals surface area contributed by atoms with Crippen LogP contribution in [-0.2, 0) is 4.79 Å². The van der Waals surface area contributed by atoms with E-state index in [0.717, 1.165) is 30.9 Å². The molecule has 1 heterocycles. The molecule has 20 heavy (non-hydrogen) atoms. The van der Waals surface area contributed by atoms with Crippen molar-refractivity contribution in [3.05, 3.63) is 24.3 Å². The first-order valence-corrected chi connectivity index (χ1v) is 6.75. The van der Waals surface area contributed by atoms with Gasteiger partial charge in [0, 0.05) is 12.2 Å². The number of amides is 1. The highest BCUT2D eigenvalue weighted by atomic mass is 35.5. The Bertz CT molecular complexity index is 434. The molecule has 2 rings (SSSR count). The SMILES string of the molecule is CC(C)(C)Oc1ccc(NC(=O)C2CCNC2)cc1.Cl. The molecule has 4 nitrogen and oxygen atoms in total. The second-order valence-corrected chi connectivity index (χ2v) is 5.92. The number of halogens is 1. The Hall–Kier alpha value is -1.26. The summed E-state index contributed by atoms with van der Waals surface area (Å²) in [6.45, 7) is 7.73. The molecule has 2 N–H and O–H groups in total. The number of rotatable bonds is 3. The quantitative estimate of drug-likeness (QED) is 0.902. The van der Waals surface area contributed by atoms with Crippen molar-refractivity contribution in [2.45, 2.75) is 32.8 Å². The van der Waals surface area contributed by atoms with E-state index in [1.165, 1.54) is 0 Å². The van der Waals surface area contributed by atoms with Crippen LogP contribution in [0.25, 0.3) is 0 Å². The summed E-state index contributed by atoms with van der Waals surface area (Å²) >= 11 is 0. The molecule has 112 valence electrons. The van der Waals surface area contributed by atoms with E-state index in [0.29, 0.717) is 0 Å². The summed E-state index contributed by atoms with van der Waals surface area (Å²) in [5.41, 5.74) is 0.610. The monoisotopic (exact) mass is 298 g/mol. The van der Waals surface area contributed by atoms with Crippen molar-refractivity contribution < 1.29 is 9.53 Å². The third-order valence-electron chi connectivity index (χ3n) is 2.98. The number of ether oxygens (including phenoxy) is 1. The van der Waals surface area contributed by atoms with Crippen LogP contribution in [0.4, 0.5) is 5.69 Å². The molecule has 0 radical (unpaired) electrons. The minimum Gasteiger partial charge on any atom is -0.488 e. The van der Waals surface area contributed by atoms with E-state index in [4.69, 9.17) is 4.74 Å². The predicted molar refractivity (Wildman–Crippen MR) is 83.7 cm³/mol. The standard InChI is InChI=1S/C15H22N2O2.ClH/c1-15(2,3)19-13-6-4-12(5-7-13)17-14(18)11-8-9-16-10-11;/h4-7,11,16H,8-10H2,1-3H3,(H,17,18);1H. The van der Waals surface area contributed by atoms with Crippen LogP contribution in [0.2, 0.25) is 0 Å². The highest BCUT2D eigenvalue weighted by molar-refractivity contribution is 5.92. The normalized spacial score (nSPS) is 18.2. The fraction of sp³-hybridized carbons (Fsp3) is 0.533. The molecule has 5 heteroatoms. The Morgan fingerprint density at radius 3 is 2.45 bits per heavy atom. The molecule has 0 saturated carbocycles. The van der Waals surface area contributed by atoms with Crippen molar-refractivity contribution >= 4 is 24.0 Å². The number of nitrogens with one attached hydrogen (secondary N) is 2. The molecular formula is C15H23ClN2O2. The second-order valence-electron chi connectivity index (χ2n) is 5.92. The highest BCUT2D eigenvalue weighted by Crippen LogP contribution is 2.21. The van der Waals surface area contributed by atoms with Gasteiger partial charge in [-0.15, -0.1) is 12.4 Å². The molecule has 1 atom stereocenters. The number of carbonyl (C=O) groups is 1. The fourth-order valence-corrected chi connectivity index (χ4v) is 2.08. The number of hydrogen-bond donors (Lipinski definition) is 2. The summed E-state index contributed by atoms with van der Waals surface area (Å²) in [5.74, 6) is 0.994. The zero-order valence-corrected chi connectivity index (χ0v) is 13.0. The lowest BCUT2D eigenvalue weighted by atomic mass is 10.1. The largest absolute Gasteiger partial charge is 0.488 e. The van der Waals surface area contributed by atoms with Gasteiger partial charge in [-0.05, 0) is 58.0 Å². The van der Waals surface area contributed by atoms with Crippen LogP contribution in [-0.4, -0.2) is 24.6 Å². The zero-order chi connectivity index (χ0) is 13.9. The Balaban J connectivity index is 0.00000200. The molecule has 1 aliphatic rings. The Kier molecular flexibility index (Phi) is 5.84. The third-order valence-corrected chi connectivity index (χ3v) is 2.98. The van der Waals surface area contributed by atoms with E-state index in [1.807, 2.05) is 45.0 Å². The van der Waals surface area contributed by atoms with Crippen molar-refractivity contribution in [3.8, 4) is 5.75 Å². The Morgan fingerprint density at radius 1 is 1.30 bits per heavy atom. The van der Waals surface area contributed by atoms with Gasteiger partial charge in [0.2, 0.25) is 5.91 Å². The summed E-state index contributed by atoms with van der Waals surface area (Å²) in [4.78, 5) is 11.9. The topological polar surface area (TPSA) is 50.4 Å². The van der Waals surface area contributed by atoms with Crippen molar-refractivity contribution in [1.82, 2.24) is 5.32 Å². The first kappa shape index (κ1) is 16.8. The maximum atomic E-state index is 11.9. The summed E-state index contributed by atoms with van der Waals surface area (Å²) < 4.78 is 5.74. The Labute approximate surface area is 126 Å². The van der Waals surface area contributed by atoms with E-state index in [9.17, 15) is 4.79 Å². The lowest BCUT2D eigenvalue weighted by molar-refractivity contribution is -0.119. The molecule has 1 fully saturated rings. The molecule has 0 aromatic heterocycles.